The molecule has 1 amide bonds. The lowest BCUT2D eigenvalue weighted by Gasteiger charge is -2.40. The van der Waals surface area contributed by atoms with E-state index in [2.05, 4.69) is 39.2 Å². The predicted molar refractivity (Wildman–Crippen MR) is 89.0 cm³/mol. The molecule has 1 atom stereocenters. The van der Waals surface area contributed by atoms with Gasteiger partial charge in [0.25, 0.3) is 5.91 Å². The van der Waals surface area contributed by atoms with Crippen LogP contribution in [0.25, 0.3) is 0 Å². The van der Waals surface area contributed by atoms with Crippen molar-refractivity contribution in [3.05, 3.63) is 29.4 Å². The van der Waals surface area contributed by atoms with E-state index >= 15 is 0 Å². The number of aromatic nitrogens is 3. The number of carbonyl (C=O) groups excluding carboxylic acids is 1. The van der Waals surface area contributed by atoms with Crippen molar-refractivity contribution >= 4 is 28.2 Å². The molecule has 0 radical (unpaired) electrons. The van der Waals surface area contributed by atoms with E-state index < -0.39 is 0 Å². The Hall–Kier alpha value is -2.06. The van der Waals surface area contributed by atoms with Gasteiger partial charge in [-0.25, -0.2) is 4.98 Å². The molecule has 8 heteroatoms. The first-order chi connectivity index (χ1) is 11.1. The van der Waals surface area contributed by atoms with Crippen molar-refractivity contribution in [2.24, 2.45) is 0 Å². The summed E-state index contributed by atoms with van der Waals surface area (Å²) < 4.78 is 5.84. The van der Waals surface area contributed by atoms with Crippen molar-refractivity contribution in [1.29, 1.82) is 0 Å². The predicted octanol–water partition coefficient (Wildman–Crippen LogP) is 2.19. The minimum Gasteiger partial charge on any atom is -0.372 e. The van der Waals surface area contributed by atoms with E-state index in [9.17, 15) is 4.79 Å². The van der Waals surface area contributed by atoms with Gasteiger partial charge < -0.3 is 9.64 Å². The first kappa shape index (κ1) is 15.8. The maximum absolute atomic E-state index is 12.1. The van der Waals surface area contributed by atoms with Gasteiger partial charge >= 0.3 is 0 Å². The van der Waals surface area contributed by atoms with Crippen LogP contribution in [0.2, 0.25) is 0 Å². The molecule has 2 aromatic heterocycles. The molecule has 3 heterocycles. The summed E-state index contributed by atoms with van der Waals surface area (Å²) in [6.07, 6.45) is 2.54. The molecule has 1 aliphatic rings. The fourth-order valence-corrected chi connectivity index (χ4v) is 2.88. The number of ether oxygens (including phenoxy) is 1. The van der Waals surface area contributed by atoms with Crippen LogP contribution in [0.1, 0.15) is 30.6 Å². The summed E-state index contributed by atoms with van der Waals surface area (Å²) in [6.45, 7) is 6.53. The molecule has 0 bridgehead atoms. The normalized spacial score (nSPS) is 21.2. The number of anilines is 2. The summed E-state index contributed by atoms with van der Waals surface area (Å²) in [7, 11) is 0. The van der Waals surface area contributed by atoms with Crippen LogP contribution in [0, 0.1) is 0 Å². The Morgan fingerprint density at radius 2 is 2.39 bits per heavy atom. The topological polar surface area (TPSA) is 80.2 Å². The largest absolute Gasteiger partial charge is 0.372 e. The number of hydrogen-bond acceptors (Lipinski definition) is 7. The summed E-state index contributed by atoms with van der Waals surface area (Å²) in [5.41, 5.74) is 1.92. The Kier molecular flexibility index (Phi) is 4.53. The second-order valence-corrected chi connectivity index (χ2v) is 6.51. The van der Waals surface area contributed by atoms with Crippen LogP contribution in [0.4, 0.5) is 10.9 Å². The van der Waals surface area contributed by atoms with E-state index in [1.807, 2.05) is 6.07 Å². The van der Waals surface area contributed by atoms with Gasteiger partial charge in [-0.3, -0.25) is 10.1 Å². The monoisotopic (exact) mass is 333 g/mol. The minimum atomic E-state index is -0.235. The fourth-order valence-electron chi connectivity index (χ4n) is 2.44. The summed E-state index contributed by atoms with van der Waals surface area (Å²) >= 11 is 1.28. The number of rotatable bonds is 4. The number of hydrogen-bond donors (Lipinski definition) is 1. The number of pyridine rings is 1. The summed E-state index contributed by atoms with van der Waals surface area (Å²) in [5, 5.41) is 10.6. The average Bonchev–Trinajstić information content (AvgIpc) is 3.08. The molecule has 0 aromatic carbocycles. The van der Waals surface area contributed by atoms with Crippen molar-refractivity contribution in [2.75, 3.05) is 29.9 Å². The number of morpholine rings is 1. The van der Waals surface area contributed by atoms with Crippen LogP contribution in [-0.2, 0) is 4.74 Å². The van der Waals surface area contributed by atoms with Crippen molar-refractivity contribution in [1.82, 2.24) is 15.2 Å². The third kappa shape index (κ3) is 3.65. The number of nitrogens with zero attached hydrogens (tertiary/aromatic N) is 4. The molecule has 0 aliphatic carbocycles. The lowest BCUT2D eigenvalue weighted by atomic mass is 10.0. The molecule has 1 N–H and O–H groups in total. The first-order valence-corrected chi connectivity index (χ1v) is 8.40. The average molecular weight is 333 g/mol. The number of nitrogens with one attached hydrogen (secondary N) is 1. The molecule has 122 valence electrons. The molecule has 1 unspecified atom stereocenters. The second-order valence-electron chi connectivity index (χ2n) is 5.68. The van der Waals surface area contributed by atoms with Gasteiger partial charge in [0, 0.05) is 19.3 Å². The van der Waals surface area contributed by atoms with Gasteiger partial charge in [-0.2, -0.15) is 0 Å². The van der Waals surface area contributed by atoms with Gasteiger partial charge in [0.05, 0.1) is 17.8 Å². The van der Waals surface area contributed by atoms with Gasteiger partial charge in [0.1, 0.15) is 11.3 Å². The van der Waals surface area contributed by atoms with Gasteiger partial charge in [-0.1, -0.05) is 18.3 Å². The van der Waals surface area contributed by atoms with E-state index in [4.69, 9.17) is 4.74 Å². The highest BCUT2D eigenvalue weighted by molar-refractivity contribution is 7.13. The molecule has 2 aromatic rings. The van der Waals surface area contributed by atoms with E-state index in [0.717, 1.165) is 25.3 Å². The van der Waals surface area contributed by atoms with Crippen LogP contribution in [0.3, 0.4) is 0 Å². The maximum Gasteiger partial charge on any atom is 0.259 e. The van der Waals surface area contributed by atoms with Crippen molar-refractivity contribution < 1.29 is 9.53 Å². The van der Waals surface area contributed by atoms with E-state index in [1.54, 1.807) is 17.8 Å². The molecule has 0 spiro atoms. The van der Waals surface area contributed by atoms with Gasteiger partial charge in [0.15, 0.2) is 0 Å². The lowest BCUT2D eigenvalue weighted by Crippen LogP contribution is -2.50. The van der Waals surface area contributed by atoms with Crippen LogP contribution >= 0.6 is 11.3 Å². The van der Waals surface area contributed by atoms with Crippen molar-refractivity contribution in [3.8, 4) is 0 Å². The minimum absolute atomic E-state index is 0.145. The lowest BCUT2D eigenvalue weighted by molar-refractivity contribution is -0.0443. The zero-order valence-corrected chi connectivity index (χ0v) is 14.0. The molecule has 0 saturated carbocycles. The number of carbonyl (C=O) groups is 1. The molecule has 1 fully saturated rings. The Labute approximate surface area is 138 Å². The van der Waals surface area contributed by atoms with E-state index in [0.29, 0.717) is 17.3 Å². The molecule has 23 heavy (non-hydrogen) atoms. The summed E-state index contributed by atoms with van der Waals surface area (Å²) in [6, 6.07) is 3.65. The molecule has 1 saturated heterocycles. The molecule has 3 rings (SSSR count). The summed E-state index contributed by atoms with van der Waals surface area (Å²) in [5.74, 6) is 0.626. The standard InChI is InChI=1S/C15H19N5O2S/c1-3-15(2)9-20(6-7-22-15)12-5-4-11(8-16-12)13(21)18-14-19-17-10-23-14/h4-5,8,10H,3,6-7,9H2,1-2H3,(H,18,19,21). The zero-order chi connectivity index (χ0) is 16.3. The zero-order valence-electron chi connectivity index (χ0n) is 13.2. The highest BCUT2D eigenvalue weighted by Gasteiger charge is 2.30. The van der Waals surface area contributed by atoms with Crippen LogP contribution < -0.4 is 10.2 Å². The highest BCUT2D eigenvalue weighted by atomic mass is 32.1. The van der Waals surface area contributed by atoms with Gasteiger partial charge in [0.2, 0.25) is 5.13 Å². The Morgan fingerprint density at radius 1 is 1.52 bits per heavy atom. The second kappa shape index (κ2) is 6.59. The van der Waals surface area contributed by atoms with Crippen molar-refractivity contribution in [2.45, 2.75) is 25.9 Å². The molecular weight excluding hydrogens is 314 g/mol. The molecule has 1 aliphatic heterocycles. The van der Waals surface area contributed by atoms with Crippen LogP contribution in [0.15, 0.2) is 23.8 Å². The van der Waals surface area contributed by atoms with Gasteiger partial charge in [-0.15, -0.1) is 10.2 Å². The number of amides is 1. The van der Waals surface area contributed by atoms with Gasteiger partial charge in [-0.05, 0) is 25.5 Å². The first-order valence-electron chi connectivity index (χ1n) is 7.52. The summed E-state index contributed by atoms with van der Waals surface area (Å²) in [4.78, 5) is 18.7. The smallest absolute Gasteiger partial charge is 0.259 e. The highest BCUT2D eigenvalue weighted by Crippen LogP contribution is 2.24. The van der Waals surface area contributed by atoms with Crippen LogP contribution in [0.5, 0.6) is 0 Å². The fraction of sp³-hybridized carbons (Fsp3) is 0.467. The Balaban J connectivity index is 1.68. The third-order valence-corrected chi connectivity index (χ3v) is 4.61. The van der Waals surface area contributed by atoms with E-state index in [1.165, 1.54) is 11.3 Å². The third-order valence-electron chi connectivity index (χ3n) is 4.00. The Morgan fingerprint density at radius 3 is 3.04 bits per heavy atom. The quantitative estimate of drug-likeness (QED) is 0.924. The van der Waals surface area contributed by atoms with E-state index in [-0.39, 0.29) is 11.5 Å². The molecular formula is C15H19N5O2S. The Bertz CT molecular complexity index is 661. The van der Waals surface area contributed by atoms with Crippen molar-refractivity contribution in [3.63, 3.8) is 0 Å². The molecule has 7 nitrogen and oxygen atoms in total. The SMILES string of the molecule is CCC1(C)CN(c2ccc(C(=O)Nc3nncs3)cn2)CCO1. The maximum atomic E-state index is 12.1. The van der Waals surface area contributed by atoms with Crippen LogP contribution in [-0.4, -0.2) is 46.4 Å².